The van der Waals surface area contributed by atoms with E-state index in [-0.39, 0.29) is 16.1 Å². The first-order chi connectivity index (χ1) is 18.8. The van der Waals surface area contributed by atoms with E-state index < -0.39 is 49.1 Å². The average Bonchev–Trinajstić information content (AvgIpc) is 3.56. The highest BCUT2D eigenvalue weighted by atomic mass is 35.5. The molecule has 4 heterocycles. The molecule has 2 aliphatic rings. The molecule has 0 saturated carbocycles. The molecule has 2 amide bonds. The summed E-state index contributed by atoms with van der Waals surface area (Å²) in [5.41, 5.74) is 2.19. The van der Waals surface area contributed by atoms with Gasteiger partial charge in [-0.15, -0.1) is 0 Å². The zero-order chi connectivity index (χ0) is 27.3. The monoisotopic (exact) mass is 569 g/mol. The quantitative estimate of drug-likeness (QED) is 0.210. The lowest BCUT2D eigenvalue weighted by Crippen LogP contribution is -2.57. The van der Waals surface area contributed by atoms with Gasteiger partial charge in [0.15, 0.2) is 6.23 Å². The van der Waals surface area contributed by atoms with Crippen LogP contribution in [0.4, 0.5) is 0 Å². The lowest BCUT2D eigenvalue weighted by atomic mass is 9.96. The number of aromatic nitrogens is 2. The molecule has 1 fully saturated rings. The number of halogens is 2. The molecule has 0 aliphatic carbocycles. The molecule has 1 saturated heterocycles. The molecule has 10 nitrogen and oxygen atoms in total. The van der Waals surface area contributed by atoms with Crippen LogP contribution in [0, 0.1) is 0 Å². The number of nitrogens with zero attached hydrogens (tertiary/aromatic N) is 1. The van der Waals surface area contributed by atoms with Crippen molar-refractivity contribution >= 4 is 78.6 Å². The minimum atomic E-state index is -1.51. The van der Waals surface area contributed by atoms with Gasteiger partial charge in [0.05, 0.1) is 49.8 Å². The third kappa shape index (κ3) is 3.16. The molecule has 5 N–H and O–H groups in total. The fourth-order valence-electron chi connectivity index (χ4n) is 6.20. The fourth-order valence-corrected chi connectivity index (χ4v) is 6.68. The summed E-state index contributed by atoms with van der Waals surface area (Å²) < 4.78 is 13.1. The number of imide groups is 1. The highest BCUT2D eigenvalue weighted by Gasteiger charge is 2.47. The van der Waals surface area contributed by atoms with E-state index in [1.807, 2.05) is 0 Å². The zero-order valence-corrected chi connectivity index (χ0v) is 21.7. The first-order valence-electron chi connectivity index (χ1n) is 12.2. The Morgan fingerprint density at radius 2 is 1.59 bits per heavy atom. The Labute approximate surface area is 229 Å². The molecule has 0 bridgehead atoms. The highest BCUT2D eigenvalue weighted by Crippen LogP contribution is 2.48. The number of fused-ring (bicyclic) bond motifs is 10. The maximum Gasteiger partial charge on any atom is 0.259 e. The predicted molar refractivity (Wildman–Crippen MR) is 144 cm³/mol. The van der Waals surface area contributed by atoms with Gasteiger partial charge in [-0.25, -0.2) is 0 Å². The number of aliphatic hydroxyl groups is 3. The van der Waals surface area contributed by atoms with Crippen molar-refractivity contribution in [1.29, 1.82) is 0 Å². The molecule has 0 spiro atoms. The van der Waals surface area contributed by atoms with Crippen molar-refractivity contribution in [2.24, 2.45) is 0 Å². The second-order valence-corrected chi connectivity index (χ2v) is 10.5. The van der Waals surface area contributed by atoms with E-state index in [9.17, 15) is 24.9 Å². The number of rotatable bonds is 3. The Morgan fingerprint density at radius 3 is 2.28 bits per heavy atom. The summed E-state index contributed by atoms with van der Waals surface area (Å²) in [7, 11) is 1.35. The van der Waals surface area contributed by atoms with Crippen LogP contribution in [0.2, 0.25) is 10.0 Å². The number of aliphatic hydroxyl groups excluding tert-OH is 3. The SMILES string of the molecule is CO[C@@H]1[C@@H](O)[C@H](O)[C@@H](n2c3c(Cl)cccc3c3c4c(c5c6cccc(Cl)c6[nH]c5c32)C(=O)NC4=O)O[C@@H]1CO. The minimum absolute atomic E-state index is 0.161. The molecule has 2 aromatic heterocycles. The number of benzene rings is 3. The van der Waals surface area contributed by atoms with Gasteiger partial charge >= 0.3 is 0 Å². The number of para-hydroxylation sites is 2. The number of hydrogen-bond acceptors (Lipinski definition) is 7. The second-order valence-electron chi connectivity index (χ2n) is 9.73. The van der Waals surface area contributed by atoms with E-state index >= 15 is 0 Å². The standard InChI is InChI=1S/C27H21Cl2N3O7/c1-38-24-13(8-33)39-27(23(35)22(24)34)32-20-10(5-3-7-12(20)29)15-17-16(25(36)31-26(17)37)14-9-4-2-6-11(28)18(9)30-19(14)21(15)32/h2-7,13,22-24,27,30,33-35H,8H2,1H3,(H,31,36,37)/t13-,22+,23+,24+,27+/m1/s1. The van der Waals surface area contributed by atoms with Crippen LogP contribution in [0.5, 0.6) is 0 Å². The van der Waals surface area contributed by atoms with Crippen molar-refractivity contribution in [2.45, 2.75) is 30.6 Å². The van der Waals surface area contributed by atoms with Crippen LogP contribution in [0.25, 0.3) is 43.6 Å². The molecule has 7 rings (SSSR count). The first-order valence-corrected chi connectivity index (χ1v) is 12.9. The summed E-state index contributed by atoms with van der Waals surface area (Å²) in [6, 6.07) is 10.4. The number of aromatic amines is 1. The third-order valence-corrected chi connectivity index (χ3v) is 8.41. The summed E-state index contributed by atoms with van der Waals surface area (Å²) in [5, 5.41) is 37.5. The van der Waals surface area contributed by atoms with Gasteiger partial charge in [-0.1, -0.05) is 47.5 Å². The minimum Gasteiger partial charge on any atom is -0.394 e. The van der Waals surface area contributed by atoms with Gasteiger partial charge < -0.3 is 34.3 Å². The van der Waals surface area contributed by atoms with Crippen molar-refractivity contribution in [3.8, 4) is 0 Å². The normalized spacial score (nSPS) is 25.3. The molecular weight excluding hydrogens is 549 g/mol. The molecule has 0 radical (unpaired) electrons. The number of hydrogen-bond donors (Lipinski definition) is 5. The molecule has 200 valence electrons. The van der Waals surface area contributed by atoms with Crippen molar-refractivity contribution in [2.75, 3.05) is 13.7 Å². The smallest absolute Gasteiger partial charge is 0.259 e. The number of ether oxygens (including phenoxy) is 2. The maximum absolute atomic E-state index is 13.3. The lowest BCUT2D eigenvalue weighted by Gasteiger charge is -2.42. The number of nitrogens with one attached hydrogen (secondary N) is 2. The molecule has 2 aliphatic heterocycles. The molecule has 12 heteroatoms. The lowest BCUT2D eigenvalue weighted by molar-refractivity contribution is -0.255. The van der Waals surface area contributed by atoms with E-state index in [2.05, 4.69) is 10.3 Å². The van der Waals surface area contributed by atoms with Crippen LogP contribution in [-0.4, -0.2) is 74.8 Å². The van der Waals surface area contributed by atoms with Crippen molar-refractivity contribution in [3.05, 3.63) is 57.6 Å². The molecule has 5 aromatic rings. The van der Waals surface area contributed by atoms with E-state index in [0.717, 1.165) is 0 Å². The van der Waals surface area contributed by atoms with E-state index in [4.69, 9.17) is 32.7 Å². The number of H-pyrrole nitrogens is 1. The fraction of sp³-hybridized carbons (Fsp3) is 0.259. The number of carbonyl (C=O) groups excluding carboxylic acids is 2. The van der Waals surface area contributed by atoms with Gasteiger partial charge in [-0.2, -0.15) is 0 Å². The molecule has 3 aromatic carbocycles. The first kappa shape index (κ1) is 24.8. The Morgan fingerprint density at radius 1 is 0.923 bits per heavy atom. The third-order valence-electron chi connectivity index (χ3n) is 7.79. The summed E-state index contributed by atoms with van der Waals surface area (Å²) in [6.07, 6.45) is -6.18. The largest absolute Gasteiger partial charge is 0.394 e. The molecular formula is C27H21Cl2N3O7. The number of amides is 2. The van der Waals surface area contributed by atoms with Crippen molar-refractivity contribution in [1.82, 2.24) is 14.9 Å². The van der Waals surface area contributed by atoms with Crippen LogP contribution in [0.3, 0.4) is 0 Å². The maximum atomic E-state index is 13.3. The van der Waals surface area contributed by atoms with Crippen LogP contribution in [-0.2, 0) is 9.47 Å². The van der Waals surface area contributed by atoms with Crippen LogP contribution < -0.4 is 5.32 Å². The number of carbonyl (C=O) groups is 2. The Balaban J connectivity index is 1.71. The van der Waals surface area contributed by atoms with Crippen molar-refractivity contribution < 1.29 is 34.4 Å². The highest BCUT2D eigenvalue weighted by molar-refractivity contribution is 6.43. The van der Waals surface area contributed by atoms with E-state index in [1.165, 1.54) is 7.11 Å². The summed E-state index contributed by atoms with van der Waals surface area (Å²) in [6.45, 7) is -0.493. The van der Waals surface area contributed by atoms with Gasteiger partial charge in [-0.05, 0) is 12.1 Å². The van der Waals surface area contributed by atoms with Crippen molar-refractivity contribution in [3.63, 3.8) is 0 Å². The summed E-state index contributed by atoms with van der Waals surface area (Å²) >= 11 is 13.3. The zero-order valence-electron chi connectivity index (χ0n) is 20.2. The van der Waals surface area contributed by atoms with E-state index in [0.29, 0.717) is 48.6 Å². The summed E-state index contributed by atoms with van der Waals surface area (Å²) in [4.78, 5) is 29.8. The van der Waals surface area contributed by atoms with Gasteiger partial charge in [-0.3, -0.25) is 14.9 Å². The second kappa shape index (κ2) is 8.64. The molecule has 0 unspecified atom stereocenters. The van der Waals surface area contributed by atoms with Gasteiger partial charge in [0, 0.05) is 28.7 Å². The van der Waals surface area contributed by atoms with Crippen LogP contribution in [0.1, 0.15) is 26.9 Å². The molecule has 5 atom stereocenters. The van der Waals surface area contributed by atoms with Crippen LogP contribution >= 0.6 is 23.2 Å². The Bertz CT molecular complexity index is 1880. The Hall–Kier alpha value is -3.22. The summed E-state index contributed by atoms with van der Waals surface area (Å²) in [5.74, 6) is -1.12. The van der Waals surface area contributed by atoms with Gasteiger partial charge in [0.2, 0.25) is 0 Å². The number of methoxy groups -OCH3 is 1. The predicted octanol–water partition coefficient (Wildman–Crippen LogP) is 3.25. The van der Waals surface area contributed by atoms with Gasteiger partial charge in [0.25, 0.3) is 11.8 Å². The molecule has 39 heavy (non-hydrogen) atoms. The topological polar surface area (TPSA) is 146 Å². The average molecular weight is 570 g/mol. The van der Waals surface area contributed by atoms with E-state index in [1.54, 1.807) is 41.0 Å². The van der Waals surface area contributed by atoms with Gasteiger partial charge in [0.1, 0.15) is 24.4 Å². The van der Waals surface area contributed by atoms with Crippen LogP contribution in [0.15, 0.2) is 36.4 Å². The Kier molecular flexibility index (Phi) is 5.49.